The molecular weight excluding hydrogens is 222 g/mol. The first-order valence-corrected chi connectivity index (χ1v) is 4.30. The summed E-state index contributed by atoms with van der Waals surface area (Å²) in [7, 11) is 0. The Labute approximate surface area is 78.9 Å². The second kappa shape index (κ2) is 4.22. The number of aromatic nitrogens is 2. The molecule has 0 spiro atoms. The van der Waals surface area contributed by atoms with Crippen molar-refractivity contribution in [2.24, 2.45) is 5.84 Å². The van der Waals surface area contributed by atoms with Gasteiger partial charge in [0.25, 0.3) is 0 Å². The minimum Gasteiger partial charge on any atom is -0.369 e. The average molecular weight is 232 g/mol. The van der Waals surface area contributed by atoms with Gasteiger partial charge in [-0.05, 0) is 22.9 Å². The van der Waals surface area contributed by atoms with Gasteiger partial charge in [-0.1, -0.05) is 0 Å². The predicted molar refractivity (Wildman–Crippen MR) is 51.7 cm³/mol. The number of nitrogen functional groups attached to an aromatic ring is 1. The smallest absolute Gasteiger partial charge is 0.239 e. The molecule has 5 nitrogen and oxygen atoms in total. The lowest BCUT2D eigenvalue weighted by Crippen LogP contribution is -2.12. The van der Waals surface area contributed by atoms with Crippen molar-refractivity contribution in [3.05, 3.63) is 10.7 Å². The van der Waals surface area contributed by atoms with Gasteiger partial charge in [-0.25, -0.2) is 10.8 Å². The highest BCUT2D eigenvalue weighted by atomic mass is 79.9. The maximum Gasteiger partial charge on any atom is 0.239 e. The summed E-state index contributed by atoms with van der Waals surface area (Å²) < 4.78 is 0.823. The second-order valence-corrected chi connectivity index (χ2v) is 2.92. The Hall–Kier alpha value is -0.880. The SMILES string of the molecule is CCNc1nc(NN)ncc1Br. The Morgan fingerprint density at radius 3 is 3.00 bits per heavy atom. The highest BCUT2D eigenvalue weighted by Crippen LogP contribution is 2.19. The van der Waals surface area contributed by atoms with Crippen LogP contribution in [0.25, 0.3) is 0 Å². The van der Waals surface area contributed by atoms with Gasteiger partial charge in [-0.15, -0.1) is 0 Å². The van der Waals surface area contributed by atoms with Crippen molar-refractivity contribution in [1.82, 2.24) is 9.97 Å². The molecule has 1 heterocycles. The van der Waals surface area contributed by atoms with Crippen molar-refractivity contribution in [2.45, 2.75) is 6.92 Å². The molecule has 0 bridgehead atoms. The van der Waals surface area contributed by atoms with Crippen molar-refractivity contribution < 1.29 is 0 Å². The second-order valence-electron chi connectivity index (χ2n) is 2.06. The molecule has 0 saturated carbocycles. The van der Waals surface area contributed by atoms with Gasteiger partial charge in [-0.3, -0.25) is 5.43 Å². The third kappa shape index (κ3) is 2.05. The zero-order valence-electron chi connectivity index (χ0n) is 6.63. The van der Waals surface area contributed by atoms with E-state index in [1.165, 1.54) is 0 Å². The van der Waals surface area contributed by atoms with Gasteiger partial charge < -0.3 is 5.32 Å². The summed E-state index contributed by atoms with van der Waals surface area (Å²) in [6, 6.07) is 0. The van der Waals surface area contributed by atoms with Gasteiger partial charge in [0.1, 0.15) is 5.82 Å². The molecule has 12 heavy (non-hydrogen) atoms. The summed E-state index contributed by atoms with van der Waals surface area (Å²) in [5, 5.41) is 3.06. The Balaban J connectivity index is 2.91. The molecule has 6 heteroatoms. The van der Waals surface area contributed by atoms with Crippen LogP contribution >= 0.6 is 15.9 Å². The molecule has 0 saturated heterocycles. The number of rotatable bonds is 3. The fourth-order valence-corrected chi connectivity index (χ4v) is 1.06. The van der Waals surface area contributed by atoms with Crippen molar-refractivity contribution in [1.29, 1.82) is 0 Å². The van der Waals surface area contributed by atoms with Gasteiger partial charge in [0.15, 0.2) is 0 Å². The number of nitrogens with one attached hydrogen (secondary N) is 2. The van der Waals surface area contributed by atoms with Crippen LogP contribution < -0.4 is 16.6 Å². The van der Waals surface area contributed by atoms with E-state index in [0.29, 0.717) is 5.95 Å². The monoisotopic (exact) mass is 231 g/mol. The van der Waals surface area contributed by atoms with Crippen LogP contribution in [0.3, 0.4) is 0 Å². The molecule has 0 atom stereocenters. The molecule has 0 aliphatic carbocycles. The van der Waals surface area contributed by atoms with Crippen LogP contribution in [0.4, 0.5) is 11.8 Å². The lowest BCUT2D eigenvalue weighted by molar-refractivity contribution is 1.08. The maximum absolute atomic E-state index is 5.15. The third-order valence-corrected chi connectivity index (χ3v) is 1.80. The highest BCUT2D eigenvalue weighted by Gasteiger charge is 2.01. The number of hydrogen-bond acceptors (Lipinski definition) is 5. The molecule has 0 amide bonds. The minimum atomic E-state index is 0.397. The molecule has 0 aliphatic heterocycles. The lowest BCUT2D eigenvalue weighted by Gasteiger charge is -2.05. The van der Waals surface area contributed by atoms with Gasteiger partial charge in [0.05, 0.1) is 4.47 Å². The Bertz CT molecular complexity index is 264. The summed E-state index contributed by atoms with van der Waals surface area (Å²) in [5.74, 6) is 6.28. The quantitative estimate of drug-likeness (QED) is 0.534. The molecule has 66 valence electrons. The van der Waals surface area contributed by atoms with Crippen LogP contribution in [-0.4, -0.2) is 16.5 Å². The topological polar surface area (TPSA) is 75.9 Å². The van der Waals surface area contributed by atoms with Crippen LogP contribution in [0.2, 0.25) is 0 Å². The van der Waals surface area contributed by atoms with E-state index in [0.717, 1.165) is 16.8 Å². The summed E-state index contributed by atoms with van der Waals surface area (Å²) in [5.41, 5.74) is 2.37. The number of hydrazine groups is 1. The van der Waals surface area contributed by atoms with Crippen molar-refractivity contribution in [3.8, 4) is 0 Å². The minimum absolute atomic E-state index is 0.397. The molecule has 1 aromatic rings. The van der Waals surface area contributed by atoms with Gasteiger partial charge in [0.2, 0.25) is 5.95 Å². The van der Waals surface area contributed by atoms with E-state index >= 15 is 0 Å². The number of halogens is 1. The largest absolute Gasteiger partial charge is 0.369 e. The van der Waals surface area contributed by atoms with E-state index in [9.17, 15) is 0 Å². The molecule has 4 N–H and O–H groups in total. The van der Waals surface area contributed by atoms with Crippen LogP contribution in [-0.2, 0) is 0 Å². The zero-order valence-corrected chi connectivity index (χ0v) is 8.22. The molecule has 1 aromatic heterocycles. The Morgan fingerprint density at radius 2 is 2.42 bits per heavy atom. The van der Waals surface area contributed by atoms with E-state index in [4.69, 9.17) is 5.84 Å². The molecule has 0 aromatic carbocycles. The van der Waals surface area contributed by atoms with E-state index in [2.05, 4.69) is 36.6 Å². The average Bonchev–Trinajstić information content (AvgIpc) is 2.09. The van der Waals surface area contributed by atoms with Crippen molar-refractivity contribution >= 4 is 27.7 Å². The Morgan fingerprint density at radius 1 is 1.67 bits per heavy atom. The molecular formula is C6H10BrN5. The zero-order chi connectivity index (χ0) is 8.97. The molecule has 0 radical (unpaired) electrons. The molecule has 0 unspecified atom stereocenters. The fourth-order valence-electron chi connectivity index (χ4n) is 0.728. The third-order valence-electron chi connectivity index (χ3n) is 1.22. The van der Waals surface area contributed by atoms with E-state index in [1.54, 1.807) is 6.20 Å². The summed E-state index contributed by atoms with van der Waals surface area (Å²) in [6.45, 7) is 2.80. The number of nitrogens with two attached hydrogens (primary N) is 1. The van der Waals surface area contributed by atoms with Crippen molar-refractivity contribution in [2.75, 3.05) is 17.3 Å². The first-order valence-electron chi connectivity index (χ1n) is 3.51. The number of hydrogen-bond donors (Lipinski definition) is 3. The Kier molecular flexibility index (Phi) is 3.24. The van der Waals surface area contributed by atoms with E-state index in [1.807, 2.05) is 6.92 Å². The number of anilines is 2. The number of nitrogens with zero attached hydrogens (tertiary/aromatic N) is 2. The summed E-state index contributed by atoms with van der Waals surface area (Å²) in [4.78, 5) is 7.98. The molecule has 1 rings (SSSR count). The fraction of sp³-hybridized carbons (Fsp3) is 0.333. The summed E-state index contributed by atoms with van der Waals surface area (Å²) >= 11 is 3.30. The van der Waals surface area contributed by atoms with E-state index in [-0.39, 0.29) is 0 Å². The van der Waals surface area contributed by atoms with Gasteiger partial charge >= 0.3 is 0 Å². The van der Waals surface area contributed by atoms with Crippen LogP contribution in [0, 0.1) is 0 Å². The summed E-state index contributed by atoms with van der Waals surface area (Å²) in [6.07, 6.45) is 1.64. The standard InChI is InChI=1S/C6H10BrN5/c1-2-9-5-4(7)3-10-6(11-5)12-8/h3H,2,8H2,1H3,(H2,9,10,11,12). The predicted octanol–water partition coefficient (Wildman–Crippen LogP) is 0.956. The van der Waals surface area contributed by atoms with Gasteiger partial charge in [0, 0.05) is 12.7 Å². The van der Waals surface area contributed by atoms with Crippen molar-refractivity contribution in [3.63, 3.8) is 0 Å². The normalized spacial score (nSPS) is 9.58. The first kappa shape index (κ1) is 9.21. The first-order chi connectivity index (χ1) is 5.77. The maximum atomic E-state index is 5.15. The highest BCUT2D eigenvalue weighted by molar-refractivity contribution is 9.10. The van der Waals surface area contributed by atoms with E-state index < -0.39 is 0 Å². The van der Waals surface area contributed by atoms with Crippen LogP contribution in [0.1, 0.15) is 6.92 Å². The van der Waals surface area contributed by atoms with Crippen LogP contribution in [0.15, 0.2) is 10.7 Å². The van der Waals surface area contributed by atoms with Gasteiger partial charge in [-0.2, -0.15) is 4.98 Å². The molecule has 0 fully saturated rings. The lowest BCUT2D eigenvalue weighted by atomic mass is 10.5. The van der Waals surface area contributed by atoms with Crippen LogP contribution in [0.5, 0.6) is 0 Å². The molecule has 0 aliphatic rings.